The van der Waals surface area contributed by atoms with Crippen molar-refractivity contribution in [3.63, 3.8) is 0 Å². The molecule has 0 aliphatic rings. The number of fused-ring (bicyclic) bond motifs is 1. The van der Waals surface area contributed by atoms with Crippen molar-refractivity contribution < 1.29 is 0 Å². The Morgan fingerprint density at radius 2 is 1.74 bits per heavy atom. The molecule has 0 saturated carbocycles. The molecule has 0 spiro atoms. The van der Waals surface area contributed by atoms with Gasteiger partial charge in [0.25, 0.3) is 0 Å². The van der Waals surface area contributed by atoms with Crippen LogP contribution in [0.15, 0.2) is 54.6 Å². The number of hydrogen-bond donors (Lipinski definition) is 1. The Hall–Kier alpha value is -1.87. The van der Waals surface area contributed by atoms with E-state index >= 15 is 0 Å². The summed E-state index contributed by atoms with van der Waals surface area (Å²) in [4.78, 5) is 4.56. The Kier molecular flexibility index (Phi) is 3.75. The standard InChI is InChI=1S/C16H16N2S/c1-2-7-13(8-3-1)9-6-12-17-16-18-14-10-4-5-11-15(14)19-16/h1-5,7-8,10-11H,6,9,12H2,(H,17,18). The summed E-state index contributed by atoms with van der Waals surface area (Å²) in [6, 6.07) is 18.9. The SMILES string of the molecule is c1ccc(CCCNc2nc3ccccc3s2)cc1. The average Bonchev–Trinajstić information content (AvgIpc) is 2.87. The van der Waals surface area contributed by atoms with Gasteiger partial charge in [-0.15, -0.1) is 0 Å². The fraction of sp³-hybridized carbons (Fsp3) is 0.188. The number of aryl methyl sites for hydroxylation is 1. The van der Waals surface area contributed by atoms with E-state index in [0.717, 1.165) is 30.0 Å². The normalized spacial score (nSPS) is 10.7. The number of hydrogen-bond acceptors (Lipinski definition) is 3. The number of nitrogens with one attached hydrogen (secondary N) is 1. The highest BCUT2D eigenvalue weighted by molar-refractivity contribution is 7.22. The van der Waals surface area contributed by atoms with E-state index in [9.17, 15) is 0 Å². The van der Waals surface area contributed by atoms with Crippen molar-refractivity contribution >= 4 is 26.7 Å². The third-order valence-corrected chi connectivity index (χ3v) is 4.05. The van der Waals surface area contributed by atoms with Crippen LogP contribution in [0.5, 0.6) is 0 Å². The third kappa shape index (κ3) is 3.12. The van der Waals surface area contributed by atoms with Gasteiger partial charge in [0.2, 0.25) is 0 Å². The van der Waals surface area contributed by atoms with Crippen LogP contribution in [0.2, 0.25) is 0 Å². The molecule has 0 radical (unpaired) electrons. The van der Waals surface area contributed by atoms with Crippen LogP contribution < -0.4 is 5.32 Å². The summed E-state index contributed by atoms with van der Waals surface area (Å²) in [6.45, 7) is 0.967. The van der Waals surface area contributed by atoms with E-state index in [-0.39, 0.29) is 0 Å². The maximum absolute atomic E-state index is 4.56. The second kappa shape index (κ2) is 5.85. The molecule has 0 amide bonds. The van der Waals surface area contributed by atoms with Gasteiger partial charge < -0.3 is 5.32 Å². The Morgan fingerprint density at radius 3 is 2.58 bits per heavy atom. The second-order valence-electron chi connectivity index (χ2n) is 4.50. The van der Waals surface area contributed by atoms with Gasteiger partial charge in [-0.05, 0) is 30.5 Å². The van der Waals surface area contributed by atoms with Gasteiger partial charge in [-0.2, -0.15) is 0 Å². The van der Waals surface area contributed by atoms with E-state index in [1.54, 1.807) is 11.3 Å². The lowest BCUT2D eigenvalue weighted by Gasteiger charge is -2.02. The lowest BCUT2D eigenvalue weighted by molar-refractivity contribution is 0.862. The van der Waals surface area contributed by atoms with E-state index < -0.39 is 0 Å². The zero-order chi connectivity index (χ0) is 12.9. The van der Waals surface area contributed by atoms with Crippen molar-refractivity contribution in [2.24, 2.45) is 0 Å². The van der Waals surface area contributed by atoms with Crippen LogP contribution in [-0.4, -0.2) is 11.5 Å². The number of para-hydroxylation sites is 1. The first kappa shape index (κ1) is 12.2. The molecule has 19 heavy (non-hydrogen) atoms. The zero-order valence-electron chi connectivity index (χ0n) is 10.7. The molecule has 96 valence electrons. The van der Waals surface area contributed by atoms with Crippen molar-refractivity contribution in [2.75, 3.05) is 11.9 Å². The van der Waals surface area contributed by atoms with Crippen molar-refractivity contribution in [2.45, 2.75) is 12.8 Å². The summed E-state index contributed by atoms with van der Waals surface area (Å²) in [5.41, 5.74) is 2.48. The number of rotatable bonds is 5. The minimum atomic E-state index is 0.967. The summed E-state index contributed by atoms with van der Waals surface area (Å²) < 4.78 is 1.24. The van der Waals surface area contributed by atoms with Gasteiger partial charge in [-0.3, -0.25) is 0 Å². The van der Waals surface area contributed by atoms with E-state index in [1.807, 2.05) is 6.07 Å². The molecule has 0 unspecified atom stereocenters. The van der Waals surface area contributed by atoms with E-state index in [4.69, 9.17) is 0 Å². The van der Waals surface area contributed by atoms with Crippen LogP contribution in [0.3, 0.4) is 0 Å². The molecule has 2 aromatic carbocycles. The Morgan fingerprint density at radius 1 is 0.947 bits per heavy atom. The molecular formula is C16H16N2S. The summed E-state index contributed by atoms with van der Waals surface area (Å²) in [6.07, 6.45) is 2.23. The molecule has 0 atom stereocenters. The summed E-state index contributed by atoms with van der Waals surface area (Å²) >= 11 is 1.72. The van der Waals surface area contributed by atoms with Crippen LogP contribution in [0, 0.1) is 0 Å². The Bertz CT molecular complexity index is 613. The van der Waals surface area contributed by atoms with Crippen LogP contribution >= 0.6 is 11.3 Å². The first-order chi connectivity index (χ1) is 9.42. The molecular weight excluding hydrogens is 252 g/mol. The quantitative estimate of drug-likeness (QED) is 0.696. The molecule has 3 heteroatoms. The van der Waals surface area contributed by atoms with Crippen molar-refractivity contribution in [3.8, 4) is 0 Å². The number of aromatic nitrogens is 1. The number of benzene rings is 2. The molecule has 0 saturated heterocycles. The van der Waals surface area contributed by atoms with Crippen molar-refractivity contribution in [1.29, 1.82) is 0 Å². The van der Waals surface area contributed by atoms with Crippen molar-refractivity contribution in [1.82, 2.24) is 4.98 Å². The highest BCUT2D eigenvalue weighted by atomic mass is 32.1. The number of nitrogens with zero attached hydrogens (tertiary/aromatic N) is 1. The Labute approximate surface area is 117 Å². The predicted octanol–water partition coefficient (Wildman–Crippen LogP) is 4.34. The molecule has 3 rings (SSSR count). The highest BCUT2D eigenvalue weighted by Gasteiger charge is 2.01. The third-order valence-electron chi connectivity index (χ3n) is 3.06. The second-order valence-corrected chi connectivity index (χ2v) is 5.53. The largest absolute Gasteiger partial charge is 0.361 e. The Balaban J connectivity index is 1.52. The zero-order valence-corrected chi connectivity index (χ0v) is 11.5. The molecule has 0 bridgehead atoms. The predicted molar refractivity (Wildman–Crippen MR) is 82.9 cm³/mol. The minimum Gasteiger partial charge on any atom is -0.361 e. The molecule has 1 heterocycles. The summed E-state index contributed by atoms with van der Waals surface area (Å²) in [5, 5.41) is 4.43. The summed E-state index contributed by atoms with van der Waals surface area (Å²) in [5.74, 6) is 0. The van der Waals surface area contributed by atoms with Gasteiger partial charge in [-0.25, -0.2) is 4.98 Å². The lowest BCUT2D eigenvalue weighted by Crippen LogP contribution is -2.02. The maximum Gasteiger partial charge on any atom is 0.183 e. The van der Waals surface area contributed by atoms with Gasteiger partial charge in [0.05, 0.1) is 10.2 Å². The highest BCUT2D eigenvalue weighted by Crippen LogP contribution is 2.25. The van der Waals surface area contributed by atoms with Gasteiger partial charge >= 0.3 is 0 Å². The smallest absolute Gasteiger partial charge is 0.183 e. The van der Waals surface area contributed by atoms with E-state index in [2.05, 4.69) is 58.8 Å². The average molecular weight is 268 g/mol. The fourth-order valence-electron chi connectivity index (χ4n) is 2.08. The van der Waals surface area contributed by atoms with E-state index in [0.29, 0.717) is 0 Å². The molecule has 3 aromatic rings. The van der Waals surface area contributed by atoms with Crippen LogP contribution in [0.25, 0.3) is 10.2 Å². The molecule has 0 aliphatic carbocycles. The van der Waals surface area contributed by atoms with Gasteiger partial charge in [0.15, 0.2) is 5.13 Å². The molecule has 1 N–H and O–H groups in total. The summed E-state index contributed by atoms with van der Waals surface area (Å²) in [7, 11) is 0. The van der Waals surface area contributed by atoms with Crippen LogP contribution in [-0.2, 0) is 6.42 Å². The topological polar surface area (TPSA) is 24.9 Å². The molecule has 2 nitrogen and oxygen atoms in total. The first-order valence-corrected chi connectivity index (χ1v) is 7.37. The maximum atomic E-state index is 4.56. The lowest BCUT2D eigenvalue weighted by atomic mass is 10.1. The number of anilines is 1. The fourth-order valence-corrected chi connectivity index (χ4v) is 2.97. The van der Waals surface area contributed by atoms with Gasteiger partial charge in [-0.1, -0.05) is 53.8 Å². The van der Waals surface area contributed by atoms with Crippen LogP contribution in [0.1, 0.15) is 12.0 Å². The monoisotopic (exact) mass is 268 g/mol. The number of thiazole rings is 1. The van der Waals surface area contributed by atoms with Crippen LogP contribution in [0.4, 0.5) is 5.13 Å². The molecule has 0 fully saturated rings. The van der Waals surface area contributed by atoms with Gasteiger partial charge in [0.1, 0.15) is 0 Å². The van der Waals surface area contributed by atoms with Crippen molar-refractivity contribution in [3.05, 3.63) is 60.2 Å². The molecule has 0 aliphatic heterocycles. The molecule has 1 aromatic heterocycles. The first-order valence-electron chi connectivity index (χ1n) is 6.55. The van der Waals surface area contributed by atoms with E-state index in [1.165, 1.54) is 10.3 Å². The van der Waals surface area contributed by atoms with Gasteiger partial charge in [0, 0.05) is 6.54 Å². The minimum absolute atomic E-state index is 0.967.